The Morgan fingerprint density at radius 2 is 1.73 bits per heavy atom. The second-order valence-electron chi connectivity index (χ2n) is 12.0. The van der Waals surface area contributed by atoms with Gasteiger partial charge >= 0.3 is 5.97 Å². The summed E-state index contributed by atoms with van der Waals surface area (Å²) in [6.45, 7) is 2.98. The van der Waals surface area contributed by atoms with E-state index in [0.717, 1.165) is 28.3 Å². The molecule has 1 N–H and O–H groups in total. The summed E-state index contributed by atoms with van der Waals surface area (Å²) in [5.74, 6) is -2.90. The van der Waals surface area contributed by atoms with Crippen molar-refractivity contribution in [2.24, 2.45) is 11.3 Å². The van der Waals surface area contributed by atoms with Crippen molar-refractivity contribution in [2.75, 3.05) is 16.6 Å². The first kappa shape index (κ1) is 32.3. The second-order valence-corrected chi connectivity index (χ2v) is 15.0. The molecule has 0 aromatic heterocycles. The third-order valence-corrected chi connectivity index (χ3v) is 11.1. The van der Waals surface area contributed by atoms with Gasteiger partial charge in [0, 0.05) is 16.0 Å². The lowest BCUT2D eigenvalue weighted by Crippen LogP contribution is -2.59. The minimum absolute atomic E-state index is 0.0673. The Bertz CT molecular complexity index is 1650. The molecule has 1 amide bonds. The van der Waals surface area contributed by atoms with Crippen LogP contribution in [0.15, 0.2) is 72.8 Å². The molecule has 2 fully saturated rings. The lowest BCUT2D eigenvalue weighted by molar-refractivity contribution is -0.160. The van der Waals surface area contributed by atoms with E-state index in [1.165, 1.54) is 25.1 Å². The van der Waals surface area contributed by atoms with Gasteiger partial charge in [0.25, 0.3) is 0 Å². The molecule has 0 bridgehead atoms. The van der Waals surface area contributed by atoms with Crippen molar-refractivity contribution in [1.82, 2.24) is 4.90 Å². The summed E-state index contributed by atoms with van der Waals surface area (Å²) in [7, 11) is -3.97. The van der Waals surface area contributed by atoms with E-state index in [0.29, 0.717) is 10.0 Å². The van der Waals surface area contributed by atoms with Gasteiger partial charge in [-0.2, -0.15) is 0 Å². The van der Waals surface area contributed by atoms with Crippen LogP contribution in [0.3, 0.4) is 0 Å². The SMILES string of the molecule is CCS(=O)(=O)N(CC(C1CC1)N1C(=O)C(C)(CC(=O)O)CC(c2cccc(Cl)c2)C1c1ccc(Cl)cc1)c1ccccc1F. The maximum Gasteiger partial charge on any atom is 0.304 e. The lowest BCUT2D eigenvalue weighted by atomic mass is 9.67. The molecule has 11 heteroatoms. The van der Waals surface area contributed by atoms with Crippen LogP contribution in [0.1, 0.15) is 62.6 Å². The minimum atomic E-state index is -3.97. The molecule has 1 aliphatic carbocycles. The van der Waals surface area contributed by atoms with Crippen molar-refractivity contribution < 1.29 is 27.5 Å². The number of carbonyl (C=O) groups is 2. The maximum atomic E-state index is 15.2. The van der Waals surface area contributed by atoms with Crippen LogP contribution in [0.2, 0.25) is 10.0 Å². The summed E-state index contributed by atoms with van der Waals surface area (Å²) >= 11 is 12.7. The Hall–Kier alpha value is -3.14. The number of halogens is 3. The van der Waals surface area contributed by atoms with E-state index >= 15 is 4.39 Å². The quantitative estimate of drug-likeness (QED) is 0.233. The molecule has 0 radical (unpaired) electrons. The van der Waals surface area contributed by atoms with Gasteiger partial charge < -0.3 is 10.0 Å². The number of carbonyl (C=O) groups excluding carboxylic acids is 1. The molecule has 1 heterocycles. The number of likely N-dealkylation sites (tertiary alicyclic amines) is 1. The fourth-order valence-electron chi connectivity index (χ4n) is 6.53. The Balaban J connectivity index is 1.72. The lowest BCUT2D eigenvalue weighted by Gasteiger charge is -2.52. The van der Waals surface area contributed by atoms with E-state index in [4.69, 9.17) is 23.2 Å². The molecule has 5 rings (SSSR count). The van der Waals surface area contributed by atoms with E-state index in [9.17, 15) is 23.1 Å². The molecule has 0 spiro atoms. The zero-order valence-corrected chi connectivity index (χ0v) is 26.8. The summed E-state index contributed by atoms with van der Waals surface area (Å²) in [6, 6.07) is 18.9. The summed E-state index contributed by atoms with van der Waals surface area (Å²) in [5, 5.41) is 10.9. The van der Waals surface area contributed by atoms with Gasteiger partial charge in [-0.15, -0.1) is 0 Å². The van der Waals surface area contributed by atoms with E-state index in [1.54, 1.807) is 36.1 Å². The number of piperidine rings is 1. The largest absolute Gasteiger partial charge is 0.481 e. The van der Waals surface area contributed by atoms with Crippen LogP contribution >= 0.6 is 23.2 Å². The Kier molecular flexibility index (Phi) is 9.31. The molecule has 1 saturated carbocycles. The number of amides is 1. The second kappa shape index (κ2) is 12.7. The zero-order chi connectivity index (χ0) is 31.8. The fourth-order valence-corrected chi connectivity index (χ4v) is 8.00. The number of benzene rings is 3. The minimum Gasteiger partial charge on any atom is -0.481 e. The molecule has 3 aromatic carbocycles. The predicted octanol–water partition coefficient (Wildman–Crippen LogP) is 7.31. The van der Waals surface area contributed by atoms with Gasteiger partial charge in [-0.25, -0.2) is 12.8 Å². The van der Waals surface area contributed by atoms with E-state index in [2.05, 4.69) is 0 Å². The topological polar surface area (TPSA) is 95.0 Å². The van der Waals surface area contributed by atoms with E-state index in [1.807, 2.05) is 30.3 Å². The number of carboxylic acids is 1. The first-order chi connectivity index (χ1) is 20.8. The summed E-state index contributed by atoms with van der Waals surface area (Å²) in [5.41, 5.74) is 0.202. The smallest absolute Gasteiger partial charge is 0.304 e. The highest BCUT2D eigenvalue weighted by Gasteiger charge is 2.55. The number of aliphatic carboxylic acids is 1. The van der Waals surface area contributed by atoms with Crippen LogP contribution in [-0.2, 0) is 19.6 Å². The number of nitrogens with zero attached hydrogens (tertiary/aromatic N) is 2. The molecule has 1 saturated heterocycles. The van der Waals surface area contributed by atoms with E-state index < -0.39 is 45.7 Å². The highest BCUT2D eigenvalue weighted by atomic mass is 35.5. The third kappa shape index (κ3) is 6.60. The van der Waals surface area contributed by atoms with Crippen LogP contribution in [0.25, 0.3) is 0 Å². The van der Waals surface area contributed by atoms with E-state index in [-0.39, 0.29) is 42.1 Å². The summed E-state index contributed by atoms with van der Waals surface area (Å²) in [4.78, 5) is 28.6. The molecule has 4 unspecified atom stereocenters. The van der Waals surface area contributed by atoms with Gasteiger partial charge in [-0.05, 0) is 79.6 Å². The molecule has 234 valence electrons. The van der Waals surface area contributed by atoms with Gasteiger partial charge in [-0.1, -0.05) is 66.5 Å². The van der Waals surface area contributed by atoms with Crippen molar-refractivity contribution in [3.8, 4) is 0 Å². The molecule has 44 heavy (non-hydrogen) atoms. The molecule has 2 aliphatic rings. The molecular weight excluding hydrogens is 626 g/mol. The Morgan fingerprint density at radius 1 is 1.05 bits per heavy atom. The number of carboxylic acid groups (broad SMARTS) is 1. The van der Waals surface area contributed by atoms with Gasteiger partial charge in [0.15, 0.2) is 0 Å². The number of anilines is 1. The van der Waals surface area contributed by atoms with Crippen molar-refractivity contribution in [2.45, 2.75) is 57.5 Å². The van der Waals surface area contributed by atoms with Gasteiger partial charge in [0.2, 0.25) is 15.9 Å². The van der Waals surface area contributed by atoms with Gasteiger partial charge in [0.1, 0.15) is 5.82 Å². The number of hydrogen-bond donors (Lipinski definition) is 1. The highest BCUT2D eigenvalue weighted by molar-refractivity contribution is 7.92. The first-order valence-electron chi connectivity index (χ1n) is 14.6. The number of para-hydroxylation sites is 1. The zero-order valence-electron chi connectivity index (χ0n) is 24.5. The normalized spacial score (nSPS) is 22.9. The van der Waals surface area contributed by atoms with Crippen molar-refractivity contribution in [3.05, 3.63) is 99.8 Å². The van der Waals surface area contributed by atoms with Crippen LogP contribution in [-0.4, -0.2) is 48.6 Å². The predicted molar refractivity (Wildman–Crippen MR) is 170 cm³/mol. The highest BCUT2D eigenvalue weighted by Crippen LogP contribution is 2.54. The third-order valence-electron chi connectivity index (χ3n) is 8.83. The molecular formula is C33H35Cl2FN2O5S. The monoisotopic (exact) mass is 660 g/mol. The molecule has 4 atom stereocenters. The molecule has 1 aliphatic heterocycles. The van der Waals surface area contributed by atoms with Crippen LogP contribution in [0, 0.1) is 17.2 Å². The number of rotatable bonds is 11. The van der Waals surface area contributed by atoms with Crippen LogP contribution < -0.4 is 4.31 Å². The fraction of sp³-hybridized carbons (Fsp3) is 0.394. The first-order valence-corrected chi connectivity index (χ1v) is 17.0. The Morgan fingerprint density at radius 3 is 2.32 bits per heavy atom. The number of sulfonamides is 1. The maximum absolute atomic E-state index is 15.2. The van der Waals surface area contributed by atoms with Gasteiger partial charge in [0.05, 0.1) is 41.9 Å². The summed E-state index contributed by atoms with van der Waals surface area (Å²) < 4.78 is 43.3. The van der Waals surface area contributed by atoms with Crippen LogP contribution in [0.4, 0.5) is 10.1 Å². The average molecular weight is 662 g/mol. The van der Waals surface area contributed by atoms with Gasteiger partial charge in [-0.3, -0.25) is 13.9 Å². The van der Waals surface area contributed by atoms with Crippen molar-refractivity contribution in [1.29, 1.82) is 0 Å². The van der Waals surface area contributed by atoms with Crippen molar-refractivity contribution >= 4 is 50.8 Å². The standard InChI is InChI=1S/C33H35Cl2FN2O5S/c1-3-44(42,43)37(28-10-5-4-9-27(28)36)20-29(21-11-12-21)38-31(22-13-15-24(34)16-14-22)26(23-7-6-8-25(35)17-23)18-33(2,32(38)41)19-30(39)40/h4-10,13-17,21,26,29,31H,3,11-12,18-20H2,1-2H3,(H,39,40). The molecule has 3 aromatic rings. The molecule has 7 nitrogen and oxygen atoms in total. The average Bonchev–Trinajstić information content (AvgIpc) is 3.81. The van der Waals surface area contributed by atoms with Crippen LogP contribution in [0.5, 0.6) is 0 Å². The van der Waals surface area contributed by atoms with Crippen molar-refractivity contribution in [3.63, 3.8) is 0 Å². The number of hydrogen-bond acceptors (Lipinski definition) is 4. The Labute approximate surface area is 267 Å². The summed E-state index contributed by atoms with van der Waals surface area (Å²) in [6.07, 6.45) is 1.31.